The van der Waals surface area contributed by atoms with Gasteiger partial charge in [-0.3, -0.25) is 0 Å². The van der Waals surface area contributed by atoms with Gasteiger partial charge in [-0.2, -0.15) is 4.31 Å². The van der Waals surface area contributed by atoms with Gasteiger partial charge in [-0.05, 0) is 19.1 Å². The Morgan fingerprint density at radius 1 is 1.29 bits per heavy atom. The Labute approximate surface area is 141 Å². The number of fused-ring (bicyclic) bond motifs is 1. The maximum Gasteiger partial charge on any atom is 0.243 e. The molecule has 1 aliphatic rings. The van der Waals surface area contributed by atoms with E-state index in [0.717, 1.165) is 11.5 Å². The number of sulfonamides is 1. The predicted molar refractivity (Wildman–Crippen MR) is 88.2 cm³/mol. The van der Waals surface area contributed by atoms with Crippen molar-refractivity contribution in [2.24, 2.45) is 0 Å². The van der Waals surface area contributed by atoms with Crippen LogP contribution in [0, 0.1) is 0 Å². The van der Waals surface area contributed by atoms with E-state index in [-0.39, 0.29) is 10.9 Å². The summed E-state index contributed by atoms with van der Waals surface area (Å²) in [6.07, 6.45) is 1.75. The Morgan fingerprint density at radius 2 is 2.08 bits per heavy atom. The van der Waals surface area contributed by atoms with Crippen LogP contribution in [0.4, 0.5) is 0 Å². The molecule has 24 heavy (non-hydrogen) atoms. The summed E-state index contributed by atoms with van der Waals surface area (Å²) in [5.74, 6) is 1.25. The highest BCUT2D eigenvalue weighted by molar-refractivity contribution is 7.89. The minimum atomic E-state index is -3.62. The molecule has 0 saturated carbocycles. The van der Waals surface area contributed by atoms with Crippen molar-refractivity contribution in [2.75, 3.05) is 20.8 Å². The second-order valence-corrected chi connectivity index (χ2v) is 7.55. The molecular weight excluding hydrogens is 330 g/mol. The van der Waals surface area contributed by atoms with Gasteiger partial charge in [0.1, 0.15) is 11.6 Å². The zero-order valence-corrected chi connectivity index (χ0v) is 14.8. The van der Waals surface area contributed by atoms with Crippen LogP contribution >= 0.6 is 0 Å². The lowest BCUT2D eigenvalue weighted by Gasteiger charge is -2.33. The van der Waals surface area contributed by atoms with E-state index in [1.54, 1.807) is 37.6 Å². The van der Waals surface area contributed by atoms with Crippen LogP contribution in [0.15, 0.2) is 35.4 Å². The first-order chi connectivity index (χ1) is 11.5. The van der Waals surface area contributed by atoms with Crippen molar-refractivity contribution in [1.82, 2.24) is 13.9 Å². The van der Waals surface area contributed by atoms with Gasteiger partial charge in [0.25, 0.3) is 0 Å². The van der Waals surface area contributed by atoms with Gasteiger partial charge in [0, 0.05) is 26.3 Å². The molecule has 0 fully saturated rings. The zero-order chi connectivity index (χ0) is 17.3. The molecule has 2 aromatic rings. The van der Waals surface area contributed by atoms with Gasteiger partial charge >= 0.3 is 0 Å². The average Bonchev–Trinajstić information content (AvgIpc) is 2.99. The molecule has 0 saturated heterocycles. The van der Waals surface area contributed by atoms with E-state index >= 15 is 0 Å². The molecule has 1 aromatic heterocycles. The third-order valence-corrected chi connectivity index (χ3v) is 6.22. The van der Waals surface area contributed by atoms with Crippen LogP contribution in [0.3, 0.4) is 0 Å². The standard InChI is InChI=1S/C16H21N3O4S/c1-12-16-17-10-13(11-22-2)18(16)7-8-19(12)24(20,21)15-6-4-5-14(9-15)23-3/h4-6,9-10,12H,7-8,11H2,1-3H3. The van der Waals surface area contributed by atoms with Gasteiger partial charge < -0.3 is 14.0 Å². The molecule has 2 heterocycles. The number of rotatable bonds is 5. The Morgan fingerprint density at radius 3 is 2.79 bits per heavy atom. The number of ether oxygens (including phenoxy) is 2. The van der Waals surface area contributed by atoms with Gasteiger partial charge in [0.05, 0.1) is 36.5 Å². The number of benzene rings is 1. The van der Waals surface area contributed by atoms with E-state index < -0.39 is 10.0 Å². The van der Waals surface area contributed by atoms with E-state index in [2.05, 4.69) is 4.98 Å². The fourth-order valence-electron chi connectivity index (χ4n) is 3.03. The number of nitrogens with zero attached hydrogens (tertiary/aromatic N) is 3. The largest absolute Gasteiger partial charge is 0.497 e. The molecular formula is C16H21N3O4S. The van der Waals surface area contributed by atoms with Crippen LogP contribution in [-0.2, 0) is 27.9 Å². The molecule has 0 radical (unpaired) electrons. The third kappa shape index (κ3) is 2.81. The summed E-state index contributed by atoms with van der Waals surface area (Å²) in [5.41, 5.74) is 0.956. The van der Waals surface area contributed by atoms with E-state index in [0.29, 0.717) is 25.4 Å². The quantitative estimate of drug-likeness (QED) is 0.821. The third-order valence-electron chi connectivity index (χ3n) is 4.26. The first-order valence-corrected chi connectivity index (χ1v) is 9.12. The molecule has 1 unspecified atom stereocenters. The fourth-order valence-corrected chi connectivity index (χ4v) is 4.65. The number of hydrogen-bond donors (Lipinski definition) is 0. The fraction of sp³-hybridized carbons (Fsp3) is 0.438. The summed E-state index contributed by atoms with van der Waals surface area (Å²) >= 11 is 0. The van der Waals surface area contributed by atoms with Crippen molar-refractivity contribution >= 4 is 10.0 Å². The van der Waals surface area contributed by atoms with Gasteiger partial charge in [0.2, 0.25) is 10.0 Å². The van der Waals surface area contributed by atoms with E-state index in [4.69, 9.17) is 9.47 Å². The molecule has 8 heteroatoms. The summed E-state index contributed by atoms with van der Waals surface area (Å²) < 4.78 is 39.9. The lowest BCUT2D eigenvalue weighted by Crippen LogP contribution is -2.41. The molecule has 0 aliphatic carbocycles. The smallest absolute Gasteiger partial charge is 0.243 e. The van der Waals surface area contributed by atoms with Crippen molar-refractivity contribution in [3.05, 3.63) is 42.0 Å². The molecule has 7 nitrogen and oxygen atoms in total. The van der Waals surface area contributed by atoms with Crippen LogP contribution in [0.25, 0.3) is 0 Å². The molecule has 0 amide bonds. The SMILES string of the molecule is COCc1cnc2n1CCN(S(=O)(=O)c1cccc(OC)c1)C2C. The van der Waals surface area contributed by atoms with Crippen molar-refractivity contribution in [3.63, 3.8) is 0 Å². The number of hydrogen-bond acceptors (Lipinski definition) is 5. The zero-order valence-electron chi connectivity index (χ0n) is 14.0. The van der Waals surface area contributed by atoms with Crippen LogP contribution in [0.2, 0.25) is 0 Å². The van der Waals surface area contributed by atoms with Crippen LogP contribution in [0.5, 0.6) is 5.75 Å². The van der Waals surface area contributed by atoms with Gasteiger partial charge in [-0.15, -0.1) is 0 Å². The average molecular weight is 351 g/mol. The molecule has 0 spiro atoms. The van der Waals surface area contributed by atoms with Crippen molar-refractivity contribution in [1.29, 1.82) is 0 Å². The number of aromatic nitrogens is 2. The highest BCUT2D eigenvalue weighted by atomic mass is 32.2. The predicted octanol–water partition coefficient (Wildman–Crippen LogP) is 1.80. The minimum Gasteiger partial charge on any atom is -0.497 e. The van der Waals surface area contributed by atoms with Crippen molar-refractivity contribution in [2.45, 2.75) is 31.0 Å². The highest BCUT2D eigenvalue weighted by Crippen LogP contribution is 2.31. The molecule has 1 aliphatic heterocycles. The molecule has 0 N–H and O–H groups in total. The second-order valence-electron chi connectivity index (χ2n) is 5.66. The lowest BCUT2D eigenvalue weighted by atomic mass is 10.2. The summed E-state index contributed by atoms with van der Waals surface area (Å²) in [4.78, 5) is 4.63. The molecule has 130 valence electrons. The van der Waals surface area contributed by atoms with Crippen LogP contribution in [0.1, 0.15) is 24.5 Å². The summed E-state index contributed by atoms with van der Waals surface area (Å²) in [6, 6.07) is 6.18. The Bertz CT molecular complexity index is 832. The van der Waals surface area contributed by atoms with E-state index in [1.807, 2.05) is 11.5 Å². The Kier molecular flexibility index (Phi) is 4.62. The topological polar surface area (TPSA) is 73.7 Å². The van der Waals surface area contributed by atoms with Crippen molar-refractivity contribution < 1.29 is 17.9 Å². The van der Waals surface area contributed by atoms with E-state index in [1.165, 1.54) is 11.4 Å². The molecule has 0 bridgehead atoms. The normalized spacial score (nSPS) is 18.4. The minimum absolute atomic E-state index is 0.228. The maximum atomic E-state index is 13.0. The van der Waals surface area contributed by atoms with Gasteiger partial charge in [-0.1, -0.05) is 6.07 Å². The van der Waals surface area contributed by atoms with Crippen LogP contribution in [-0.4, -0.2) is 43.0 Å². The summed E-state index contributed by atoms with van der Waals surface area (Å²) in [6.45, 7) is 3.26. The highest BCUT2D eigenvalue weighted by Gasteiger charge is 2.35. The Balaban J connectivity index is 1.94. The first kappa shape index (κ1) is 16.9. The monoisotopic (exact) mass is 351 g/mol. The van der Waals surface area contributed by atoms with Gasteiger partial charge in [-0.25, -0.2) is 13.4 Å². The molecule has 1 atom stereocenters. The summed E-state index contributed by atoms with van der Waals surface area (Å²) in [7, 11) is -0.473. The number of methoxy groups -OCH3 is 2. The van der Waals surface area contributed by atoms with Crippen LogP contribution < -0.4 is 4.74 Å². The lowest BCUT2D eigenvalue weighted by molar-refractivity contribution is 0.173. The maximum absolute atomic E-state index is 13.0. The van der Waals surface area contributed by atoms with Gasteiger partial charge in [0.15, 0.2) is 0 Å². The summed E-state index contributed by atoms with van der Waals surface area (Å²) in [5, 5.41) is 0. The van der Waals surface area contributed by atoms with E-state index in [9.17, 15) is 8.42 Å². The van der Waals surface area contributed by atoms with Crippen molar-refractivity contribution in [3.8, 4) is 5.75 Å². The molecule has 3 rings (SSSR count). The second kappa shape index (κ2) is 6.54. The molecule has 1 aromatic carbocycles. The number of imidazole rings is 1. The Hall–Kier alpha value is -1.90. The first-order valence-electron chi connectivity index (χ1n) is 7.68.